The predicted molar refractivity (Wildman–Crippen MR) is 69.2 cm³/mol. The molecule has 0 saturated carbocycles. The summed E-state index contributed by atoms with van der Waals surface area (Å²) in [7, 11) is 0. The van der Waals surface area contributed by atoms with Gasteiger partial charge < -0.3 is 0 Å². The van der Waals surface area contributed by atoms with Crippen molar-refractivity contribution in [1.29, 1.82) is 0 Å². The van der Waals surface area contributed by atoms with Crippen molar-refractivity contribution < 1.29 is 4.92 Å². The van der Waals surface area contributed by atoms with Gasteiger partial charge in [-0.1, -0.05) is 33.8 Å². The summed E-state index contributed by atoms with van der Waals surface area (Å²) in [6.07, 6.45) is 1.66. The Kier molecular flexibility index (Phi) is 3.75. The first-order valence-corrected chi connectivity index (χ1v) is 6.30. The SMILES string of the molecule is O=[N+]([O-])c1cc(Br)ccc1Sc1ccccn1. The summed E-state index contributed by atoms with van der Waals surface area (Å²) in [5, 5.41) is 11.6. The fraction of sp³-hybridized carbons (Fsp3) is 0. The van der Waals surface area contributed by atoms with Gasteiger partial charge in [0.05, 0.1) is 9.82 Å². The van der Waals surface area contributed by atoms with Crippen LogP contribution in [0.15, 0.2) is 57.0 Å². The molecule has 0 N–H and O–H groups in total. The lowest BCUT2D eigenvalue weighted by Gasteiger charge is -2.02. The van der Waals surface area contributed by atoms with E-state index in [1.54, 1.807) is 24.4 Å². The highest BCUT2D eigenvalue weighted by Crippen LogP contribution is 2.35. The maximum absolute atomic E-state index is 10.9. The van der Waals surface area contributed by atoms with Gasteiger partial charge in [-0.3, -0.25) is 10.1 Å². The number of hydrogen-bond acceptors (Lipinski definition) is 4. The average Bonchev–Trinajstić information content (AvgIpc) is 2.32. The highest BCUT2D eigenvalue weighted by molar-refractivity contribution is 9.10. The van der Waals surface area contributed by atoms with Crippen molar-refractivity contribution in [2.75, 3.05) is 0 Å². The molecule has 17 heavy (non-hydrogen) atoms. The van der Waals surface area contributed by atoms with Gasteiger partial charge >= 0.3 is 0 Å². The van der Waals surface area contributed by atoms with Gasteiger partial charge in [-0.25, -0.2) is 4.98 Å². The third-order valence-corrected chi connectivity index (χ3v) is 3.48. The first-order valence-electron chi connectivity index (χ1n) is 4.69. The molecule has 4 nitrogen and oxygen atoms in total. The second kappa shape index (κ2) is 5.29. The van der Waals surface area contributed by atoms with Crippen LogP contribution in [0.5, 0.6) is 0 Å². The second-order valence-electron chi connectivity index (χ2n) is 3.14. The van der Waals surface area contributed by atoms with Crippen molar-refractivity contribution in [2.45, 2.75) is 9.92 Å². The summed E-state index contributed by atoms with van der Waals surface area (Å²) in [6.45, 7) is 0. The molecule has 0 unspecified atom stereocenters. The van der Waals surface area contributed by atoms with Crippen LogP contribution >= 0.6 is 27.7 Å². The Bertz CT molecular complexity index is 548. The van der Waals surface area contributed by atoms with Crippen LogP contribution in [0.3, 0.4) is 0 Å². The molecular formula is C11H7BrN2O2S. The van der Waals surface area contributed by atoms with E-state index in [0.717, 1.165) is 5.03 Å². The molecule has 2 aromatic rings. The zero-order valence-electron chi connectivity index (χ0n) is 8.54. The fourth-order valence-corrected chi connectivity index (χ4v) is 2.45. The van der Waals surface area contributed by atoms with Crippen LogP contribution < -0.4 is 0 Å². The minimum atomic E-state index is -0.393. The van der Waals surface area contributed by atoms with Gasteiger partial charge in [0.15, 0.2) is 0 Å². The molecule has 6 heteroatoms. The Morgan fingerprint density at radius 1 is 1.29 bits per heavy atom. The molecule has 0 bridgehead atoms. The number of aromatic nitrogens is 1. The van der Waals surface area contributed by atoms with Gasteiger partial charge in [0.1, 0.15) is 5.03 Å². The Morgan fingerprint density at radius 3 is 2.76 bits per heavy atom. The quantitative estimate of drug-likeness (QED) is 0.637. The monoisotopic (exact) mass is 310 g/mol. The number of nitrogens with zero attached hydrogens (tertiary/aromatic N) is 2. The standard InChI is InChI=1S/C11H7BrN2O2S/c12-8-4-5-10(9(7-8)14(15)16)17-11-3-1-2-6-13-11/h1-7H. The molecule has 0 radical (unpaired) electrons. The summed E-state index contributed by atoms with van der Waals surface area (Å²) < 4.78 is 0.689. The van der Waals surface area contributed by atoms with Gasteiger partial charge in [-0.15, -0.1) is 0 Å². The molecule has 0 atom stereocenters. The lowest BCUT2D eigenvalue weighted by molar-refractivity contribution is -0.387. The molecule has 0 saturated heterocycles. The van der Waals surface area contributed by atoms with E-state index in [1.807, 2.05) is 12.1 Å². The molecule has 0 fully saturated rings. The van der Waals surface area contributed by atoms with Gasteiger partial charge in [0.25, 0.3) is 5.69 Å². The van der Waals surface area contributed by atoms with Crippen molar-refractivity contribution in [1.82, 2.24) is 4.98 Å². The van der Waals surface area contributed by atoms with Gasteiger partial charge in [-0.2, -0.15) is 0 Å². The van der Waals surface area contributed by atoms with Crippen LogP contribution in [0.25, 0.3) is 0 Å². The van der Waals surface area contributed by atoms with Crippen molar-refractivity contribution in [3.05, 3.63) is 57.2 Å². The molecule has 0 aliphatic heterocycles. The topological polar surface area (TPSA) is 56.0 Å². The predicted octanol–water partition coefficient (Wildman–Crippen LogP) is 3.90. The number of hydrogen-bond donors (Lipinski definition) is 0. The van der Waals surface area contributed by atoms with Crippen LogP contribution in [0.1, 0.15) is 0 Å². The summed E-state index contributed by atoms with van der Waals surface area (Å²) in [6, 6.07) is 10.4. The van der Waals surface area contributed by atoms with Crippen LogP contribution in [-0.4, -0.2) is 9.91 Å². The number of rotatable bonds is 3. The van der Waals surface area contributed by atoms with Crippen LogP contribution in [0, 0.1) is 10.1 Å². The molecule has 2 rings (SSSR count). The first kappa shape index (κ1) is 12.1. The summed E-state index contributed by atoms with van der Waals surface area (Å²) in [4.78, 5) is 15.2. The van der Waals surface area contributed by atoms with Gasteiger partial charge in [0, 0.05) is 16.7 Å². The highest BCUT2D eigenvalue weighted by atomic mass is 79.9. The molecule has 0 spiro atoms. The van der Waals surface area contributed by atoms with E-state index in [2.05, 4.69) is 20.9 Å². The van der Waals surface area contributed by atoms with Crippen LogP contribution in [-0.2, 0) is 0 Å². The Hall–Kier alpha value is -1.40. The zero-order valence-corrected chi connectivity index (χ0v) is 10.9. The normalized spacial score (nSPS) is 10.2. The molecule has 86 valence electrons. The Balaban J connectivity index is 2.36. The summed E-state index contributed by atoms with van der Waals surface area (Å²) >= 11 is 4.50. The van der Waals surface area contributed by atoms with Crippen molar-refractivity contribution in [3.63, 3.8) is 0 Å². The van der Waals surface area contributed by atoms with E-state index in [4.69, 9.17) is 0 Å². The average molecular weight is 311 g/mol. The van der Waals surface area contributed by atoms with Crippen molar-refractivity contribution in [2.24, 2.45) is 0 Å². The van der Waals surface area contributed by atoms with E-state index < -0.39 is 4.92 Å². The molecule has 0 amide bonds. The smallest absolute Gasteiger partial charge is 0.258 e. The zero-order chi connectivity index (χ0) is 12.3. The van der Waals surface area contributed by atoms with E-state index in [9.17, 15) is 10.1 Å². The molecule has 1 aromatic heterocycles. The van der Waals surface area contributed by atoms with Gasteiger partial charge in [-0.05, 0) is 24.3 Å². The maximum atomic E-state index is 10.9. The Morgan fingerprint density at radius 2 is 2.12 bits per heavy atom. The largest absolute Gasteiger partial charge is 0.284 e. The van der Waals surface area contributed by atoms with Crippen molar-refractivity contribution >= 4 is 33.4 Å². The molecule has 0 aliphatic carbocycles. The minimum Gasteiger partial charge on any atom is -0.258 e. The number of nitro groups is 1. The third kappa shape index (κ3) is 3.04. The molecule has 1 aromatic carbocycles. The van der Waals surface area contributed by atoms with Gasteiger partial charge in [0.2, 0.25) is 0 Å². The van der Waals surface area contributed by atoms with Crippen molar-refractivity contribution in [3.8, 4) is 0 Å². The third-order valence-electron chi connectivity index (χ3n) is 1.97. The number of benzene rings is 1. The van der Waals surface area contributed by atoms with Crippen LogP contribution in [0.4, 0.5) is 5.69 Å². The second-order valence-corrected chi connectivity index (χ2v) is 5.12. The Labute approximate surface area is 110 Å². The van der Waals surface area contributed by atoms with E-state index in [1.165, 1.54) is 17.8 Å². The van der Waals surface area contributed by atoms with E-state index in [-0.39, 0.29) is 5.69 Å². The van der Waals surface area contributed by atoms with E-state index >= 15 is 0 Å². The highest BCUT2D eigenvalue weighted by Gasteiger charge is 2.15. The minimum absolute atomic E-state index is 0.0787. The molecular weight excluding hydrogens is 304 g/mol. The maximum Gasteiger partial charge on any atom is 0.284 e. The first-order chi connectivity index (χ1) is 8.16. The number of pyridine rings is 1. The summed E-state index contributed by atoms with van der Waals surface area (Å²) in [5.41, 5.74) is 0.0787. The lowest BCUT2D eigenvalue weighted by atomic mass is 10.3. The number of nitro benzene ring substituents is 1. The van der Waals surface area contributed by atoms with E-state index in [0.29, 0.717) is 9.37 Å². The number of halogens is 1. The van der Waals surface area contributed by atoms with Crippen LogP contribution in [0.2, 0.25) is 0 Å². The fourth-order valence-electron chi connectivity index (χ4n) is 1.24. The molecule has 0 aliphatic rings. The summed E-state index contributed by atoms with van der Waals surface area (Å²) in [5.74, 6) is 0. The molecule has 1 heterocycles. The lowest BCUT2D eigenvalue weighted by Crippen LogP contribution is -1.91.